The molecule has 0 amide bonds. The van der Waals surface area contributed by atoms with Gasteiger partial charge in [-0.15, -0.1) is 24.0 Å². The highest BCUT2D eigenvalue weighted by Crippen LogP contribution is 2.36. The second kappa shape index (κ2) is 10.7. The van der Waals surface area contributed by atoms with Gasteiger partial charge >= 0.3 is 0 Å². The molecule has 0 heterocycles. The van der Waals surface area contributed by atoms with Crippen molar-refractivity contribution in [1.82, 2.24) is 0 Å². The molecule has 0 aliphatic carbocycles. The Morgan fingerprint density at radius 2 is 1.81 bits per heavy atom. The molecule has 2 aromatic carbocycles. The number of anilines is 1. The Kier molecular flexibility index (Phi) is 9.31. The molecule has 3 N–H and O–H groups in total. The van der Waals surface area contributed by atoms with Crippen LogP contribution in [0.25, 0.3) is 0 Å². The summed E-state index contributed by atoms with van der Waals surface area (Å²) in [6.07, 6.45) is 0. The molecule has 2 aromatic rings. The van der Waals surface area contributed by atoms with Crippen LogP contribution in [0.5, 0.6) is 17.2 Å². The smallest absolute Gasteiger partial charge is 0.193 e. The van der Waals surface area contributed by atoms with Crippen molar-refractivity contribution in [3.05, 3.63) is 45.4 Å². The summed E-state index contributed by atoms with van der Waals surface area (Å²) < 4.78 is 16.5. The first-order chi connectivity index (χ1) is 12.0. The van der Waals surface area contributed by atoms with Gasteiger partial charge in [-0.3, -0.25) is 0 Å². The van der Waals surface area contributed by atoms with Crippen LogP contribution in [0.3, 0.4) is 0 Å². The fourth-order valence-corrected chi connectivity index (χ4v) is 3.08. The first kappa shape index (κ1) is 22.7. The van der Waals surface area contributed by atoms with Crippen LogP contribution in [0, 0.1) is 0 Å². The van der Waals surface area contributed by atoms with E-state index < -0.39 is 0 Å². The van der Waals surface area contributed by atoms with Crippen molar-refractivity contribution >= 4 is 63.2 Å². The number of benzene rings is 2. The minimum absolute atomic E-state index is 0. The minimum atomic E-state index is 0. The molecule has 0 radical (unpaired) electrons. The molecule has 0 bridgehead atoms. The van der Waals surface area contributed by atoms with Gasteiger partial charge in [-0.05, 0) is 51.8 Å². The monoisotopic (exact) mass is 555 g/mol. The largest absolute Gasteiger partial charge is 0.495 e. The van der Waals surface area contributed by atoms with Crippen LogP contribution in [0.2, 0.25) is 5.02 Å². The Balaban J connectivity index is 0.00000338. The second-order valence-corrected chi connectivity index (χ2v) is 6.25. The summed E-state index contributed by atoms with van der Waals surface area (Å²) in [6.45, 7) is 0.377. The maximum Gasteiger partial charge on any atom is 0.193 e. The number of hydrogen-bond donors (Lipinski definition) is 2. The van der Waals surface area contributed by atoms with E-state index in [0.717, 1.165) is 15.7 Å². The summed E-state index contributed by atoms with van der Waals surface area (Å²) in [4.78, 5) is 4.33. The third-order valence-corrected chi connectivity index (χ3v) is 4.23. The van der Waals surface area contributed by atoms with Crippen molar-refractivity contribution in [2.75, 3.05) is 26.6 Å². The van der Waals surface area contributed by atoms with E-state index in [1.807, 2.05) is 12.1 Å². The number of nitrogens with two attached hydrogens (primary N) is 1. The number of hydrogen-bond acceptors (Lipinski definition) is 4. The van der Waals surface area contributed by atoms with Crippen LogP contribution in [-0.4, -0.2) is 27.3 Å². The number of guanidine groups is 1. The van der Waals surface area contributed by atoms with E-state index in [9.17, 15) is 0 Å². The van der Waals surface area contributed by atoms with E-state index in [4.69, 9.17) is 31.5 Å². The molecule has 9 heteroatoms. The Morgan fingerprint density at radius 3 is 2.38 bits per heavy atom. The highest BCUT2D eigenvalue weighted by molar-refractivity contribution is 14.0. The van der Waals surface area contributed by atoms with Gasteiger partial charge in [0.25, 0.3) is 0 Å². The van der Waals surface area contributed by atoms with Gasteiger partial charge in [-0.2, -0.15) is 0 Å². The number of ether oxygens (including phenoxy) is 3. The van der Waals surface area contributed by atoms with E-state index in [2.05, 4.69) is 26.2 Å². The van der Waals surface area contributed by atoms with Gasteiger partial charge in [0, 0.05) is 5.69 Å². The van der Waals surface area contributed by atoms with Crippen molar-refractivity contribution in [2.24, 2.45) is 10.7 Å². The van der Waals surface area contributed by atoms with Gasteiger partial charge in [-0.25, -0.2) is 4.99 Å². The quantitative estimate of drug-likeness (QED) is 0.307. The van der Waals surface area contributed by atoms with Gasteiger partial charge in [0.2, 0.25) is 0 Å². The number of nitrogens with zero attached hydrogens (tertiary/aromatic N) is 1. The highest BCUT2D eigenvalue weighted by atomic mass is 127. The zero-order valence-corrected chi connectivity index (χ0v) is 19.2. The minimum Gasteiger partial charge on any atom is -0.495 e. The summed E-state index contributed by atoms with van der Waals surface area (Å²) in [5.41, 5.74) is 7.58. The number of rotatable bonds is 6. The molecule has 0 spiro atoms. The lowest BCUT2D eigenvalue weighted by Crippen LogP contribution is -2.22. The molecule has 142 valence electrons. The predicted octanol–water partition coefficient (Wildman–Crippen LogP) is 4.67. The van der Waals surface area contributed by atoms with Crippen molar-refractivity contribution in [3.8, 4) is 17.2 Å². The molecular formula is C17H20BrClIN3O3. The van der Waals surface area contributed by atoms with Crippen molar-refractivity contribution in [3.63, 3.8) is 0 Å². The highest BCUT2D eigenvalue weighted by Gasteiger charge is 2.10. The summed E-state index contributed by atoms with van der Waals surface area (Å²) >= 11 is 9.54. The Hall–Kier alpha value is -1.39. The maximum absolute atomic E-state index is 6.09. The first-order valence-electron chi connectivity index (χ1n) is 7.29. The fraction of sp³-hybridized carbons (Fsp3) is 0.235. The van der Waals surface area contributed by atoms with Gasteiger partial charge in [0.15, 0.2) is 17.5 Å². The molecule has 0 aliphatic heterocycles. The van der Waals surface area contributed by atoms with Crippen molar-refractivity contribution in [1.29, 1.82) is 0 Å². The van der Waals surface area contributed by atoms with Gasteiger partial charge in [-0.1, -0.05) is 11.6 Å². The summed E-state index contributed by atoms with van der Waals surface area (Å²) in [5.74, 6) is 2.12. The molecule has 0 saturated carbocycles. The predicted molar refractivity (Wildman–Crippen MR) is 120 cm³/mol. The van der Waals surface area contributed by atoms with E-state index >= 15 is 0 Å². The lowest BCUT2D eigenvalue weighted by Gasteiger charge is -2.11. The molecule has 0 aliphatic rings. The number of nitrogens with one attached hydrogen (secondary N) is 1. The molecule has 6 nitrogen and oxygen atoms in total. The molecular weight excluding hydrogens is 536 g/mol. The number of aliphatic imine (C=N–C) groups is 1. The third kappa shape index (κ3) is 5.82. The number of methoxy groups -OCH3 is 3. The van der Waals surface area contributed by atoms with Gasteiger partial charge in [0.05, 0.1) is 37.4 Å². The molecule has 2 rings (SSSR count). The lowest BCUT2D eigenvalue weighted by molar-refractivity contribution is 0.352. The molecule has 0 saturated heterocycles. The second-order valence-electron chi connectivity index (χ2n) is 4.99. The van der Waals surface area contributed by atoms with E-state index in [1.165, 1.54) is 0 Å². The Labute approximate surface area is 183 Å². The molecule has 0 fully saturated rings. The van der Waals surface area contributed by atoms with Crippen LogP contribution in [0.1, 0.15) is 5.56 Å². The van der Waals surface area contributed by atoms with Crippen LogP contribution in [0.4, 0.5) is 5.69 Å². The van der Waals surface area contributed by atoms with Crippen LogP contribution >= 0.6 is 51.5 Å². The van der Waals surface area contributed by atoms with Crippen molar-refractivity contribution < 1.29 is 14.2 Å². The molecule has 0 unspecified atom stereocenters. The standard InChI is InChI=1S/C17H19BrClN3O3.HI/c1-23-14-5-4-11(8-13(14)19)22-17(20)21-9-10-6-12(18)16(25-3)15(7-10)24-2;/h4-8H,9H2,1-3H3,(H3,20,21,22);1H. The summed E-state index contributed by atoms with van der Waals surface area (Å²) in [5, 5.41) is 3.48. The van der Waals surface area contributed by atoms with Crippen LogP contribution in [-0.2, 0) is 6.54 Å². The fourth-order valence-electron chi connectivity index (χ4n) is 2.17. The first-order valence-corrected chi connectivity index (χ1v) is 8.46. The topological polar surface area (TPSA) is 78.1 Å². The summed E-state index contributed by atoms with van der Waals surface area (Å²) in [7, 11) is 4.73. The summed E-state index contributed by atoms with van der Waals surface area (Å²) in [6, 6.07) is 9.03. The molecule has 0 atom stereocenters. The third-order valence-electron chi connectivity index (χ3n) is 3.35. The van der Waals surface area contributed by atoms with E-state index in [1.54, 1.807) is 39.5 Å². The Morgan fingerprint density at radius 1 is 1.12 bits per heavy atom. The van der Waals surface area contributed by atoms with Crippen molar-refractivity contribution in [2.45, 2.75) is 6.54 Å². The average molecular weight is 557 g/mol. The van der Waals surface area contributed by atoms with Gasteiger partial charge < -0.3 is 25.3 Å². The van der Waals surface area contributed by atoms with Crippen LogP contribution < -0.4 is 25.3 Å². The number of halogens is 3. The zero-order chi connectivity index (χ0) is 18.4. The Bertz CT molecular complexity index is 790. The van der Waals surface area contributed by atoms with Gasteiger partial charge in [0.1, 0.15) is 5.75 Å². The lowest BCUT2D eigenvalue weighted by atomic mass is 10.2. The zero-order valence-electron chi connectivity index (χ0n) is 14.5. The van der Waals surface area contributed by atoms with E-state index in [0.29, 0.717) is 28.8 Å². The normalized spacial score (nSPS) is 10.7. The molecule has 26 heavy (non-hydrogen) atoms. The van der Waals surface area contributed by atoms with E-state index in [-0.39, 0.29) is 29.9 Å². The van der Waals surface area contributed by atoms with Crippen LogP contribution in [0.15, 0.2) is 39.8 Å². The SMILES string of the molecule is COc1ccc(NC(N)=NCc2cc(Br)c(OC)c(OC)c2)cc1Cl.I. The maximum atomic E-state index is 6.09. The molecule has 0 aromatic heterocycles. The average Bonchev–Trinajstić information content (AvgIpc) is 2.59.